The van der Waals surface area contributed by atoms with Gasteiger partial charge < -0.3 is 20.3 Å². The van der Waals surface area contributed by atoms with Crippen molar-refractivity contribution >= 4 is 34.7 Å². The molecule has 1 unspecified atom stereocenters. The van der Waals surface area contributed by atoms with Gasteiger partial charge in [-0.25, -0.2) is 4.39 Å². The van der Waals surface area contributed by atoms with E-state index in [1.54, 1.807) is 36.4 Å². The molecule has 0 saturated carbocycles. The van der Waals surface area contributed by atoms with Crippen molar-refractivity contribution in [2.75, 3.05) is 16.8 Å². The van der Waals surface area contributed by atoms with Crippen LogP contribution in [0.25, 0.3) is 0 Å². The maximum absolute atomic E-state index is 15.1. The molecule has 6 nitrogen and oxygen atoms in total. The highest BCUT2D eigenvalue weighted by molar-refractivity contribution is 6.30. The zero-order valence-corrected chi connectivity index (χ0v) is 25.3. The Labute approximate surface area is 261 Å². The number of hydrogen-bond acceptors (Lipinski definition) is 5. The van der Waals surface area contributed by atoms with E-state index in [1.165, 1.54) is 6.07 Å². The van der Waals surface area contributed by atoms with Gasteiger partial charge in [0.05, 0.1) is 24.0 Å². The van der Waals surface area contributed by atoms with Crippen LogP contribution in [0.2, 0.25) is 5.02 Å². The first-order chi connectivity index (χ1) is 21.2. The maximum atomic E-state index is 15.1. The number of amides is 1. The number of hydrogen-bond donors (Lipinski definition) is 2. The van der Waals surface area contributed by atoms with Crippen LogP contribution in [0.5, 0.6) is 11.5 Å². The molecule has 2 N–H and O–H groups in total. The van der Waals surface area contributed by atoms with Crippen molar-refractivity contribution in [1.29, 1.82) is 0 Å². The van der Waals surface area contributed by atoms with Crippen LogP contribution in [-0.2, 0) is 16.1 Å². The first kappa shape index (κ1) is 29.5. The highest BCUT2D eigenvalue weighted by Crippen LogP contribution is 2.48. The molecular weight excluding hydrogens is 577 g/mol. The van der Waals surface area contributed by atoms with Crippen molar-refractivity contribution in [3.8, 4) is 11.5 Å². The van der Waals surface area contributed by atoms with E-state index < -0.39 is 11.9 Å². The number of carbonyl (C=O) groups excluding carboxylic acids is 2. The van der Waals surface area contributed by atoms with Gasteiger partial charge in [0, 0.05) is 29.3 Å². The van der Waals surface area contributed by atoms with Gasteiger partial charge in [0.1, 0.15) is 5.75 Å². The first-order valence-electron chi connectivity index (χ1n) is 14.6. The van der Waals surface area contributed by atoms with E-state index in [2.05, 4.69) is 24.5 Å². The number of ketones is 1. The van der Waals surface area contributed by atoms with Gasteiger partial charge in [-0.15, -0.1) is 0 Å². The molecule has 44 heavy (non-hydrogen) atoms. The molecule has 4 aromatic rings. The highest BCUT2D eigenvalue weighted by Gasteiger charge is 2.42. The van der Waals surface area contributed by atoms with Gasteiger partial charge in [-0.1, -0.05) is 74.0 Å². The van der Waals surface area contributed by atoms with Crippen LogP contribution in [-0.4, -0.2) is 18.2 Å². The molecule has 4 aromatic carbocycles. The standard InChI is InChI=1S/C36H33ClFN3O3/c1-36(2)19-29-34(31(42)20-36)35(24-14-17-27(38)32(18-24)44-26-8-4-3-5-9-26)41(30-11-7-6-10-28(30)40-29)22-33(43)39-21-23-12-15-25(37)16-13-23/h3-18,35,40H,19-22H2,1-2H3,(H,39,43). The summed E-state index contributed by atoms with van der Waals surface area (Å²) in [6.07, 6.45) is 0.996. The van der Waals surface area contributed by atoms with Crippen LogP contribution in [0.15, 0.2) is 108 Å². The SMILES string of the molecule is CC1(C)CC(=O)C2=C(C1)Nc1ccccc1N(CC(=O)NCc1ccc(Cl)cc1)C2c1ccc(F)c(Oc2ccccc2)c1. The molecule has 0 spiro atoms. The minimum atomic E-state index is -0.676. The van der Waals surface area contributed by atoms with Crippen molar-refractivity contribution in [2.45, 2.75) is 39.3 Å². The maximum Gasteiger partial charge on any atom is 0.239 e. The Morgan fingerprint density at radius 1 is 1.00 bits per heavy atom. The average Bonchev–Trinajstić information content (AvgIpc) is 3.12. The lowest BCUT2D eigenvalue weighted by Gasteiger charge is -2.38. The van der Waals surface area contributed by atoms with E-state index in [0.717, 1.165) is 22.6 Å². The number of nitrogens with zero attached hydrogens (tertiary/aromatic N) is 1. The summed E-state index contributed by atoms with van der Waals surface area (Å²) in [7, 11) is 0. The Morgan fingerprint density at radius 3 is 2.50 bits per heavy atom. The van der Waals surface area contributed by atoms with Crippen molar-refractivity contribution in [1.82, 2.24) is 5.32 Å². The molecule has 0 radical (unpaired) electrons. The van der Waals surface area contributed by atoms with Crippen LogP contribution >= 0.6 is 11.6 Å². The predicted molar refractivity (Wildman–Crippen MR) is 171 cm³/mol. The van der Waals surface area contributed by atoms with Crippen LogP contribution in [0.3, 0.4) is 0 Å². The van der Waals surface area contributed by atoms with Crippen molar-refractivity contribution in [3.63, 3.8) is 0 Å². The Bertz CT molecular complexity index is 1740. The van der Waals surface area contributed by atoms with Crippen LogP contribution in [0.4, 0.5) is 15.8 Å². The number of rotatable bonds is 7. The molecule has 6 rings (SSSR count). The number of anilines is 2. The van der Waals surface area contributed by atoms with Gasteiger partial charge in [-0.3, -0.25) is 9.59 Å². The second-order valence-corrected chi connectivity index (χ2v) is 12.5. The number of benzene rings is 4. The third kappa shape index (κ3) is 6.33. The number of para-hydroxylation sites is 3. The van der Waals surface area contributed by atoms with E-state index in [0.29, 0.717) is 41.3 Å². The lowest BCUT2D eigenvalue weighted by molar-refractivity contribution is -0.120. The monoisotopic (exact) mass is 609 g/mol. The smallest absolute Gasteiger partial charge is 0.239 e. The summed E-state index contributed by atoms with van der Waals surface area (Å²) in [5.74, 6) is -0.233. The van der Waals surface area contributed by atoms with E-state index in [-0.39, 0.29) is 29.4 Å². The summed E-state index contributed by atoms with van der Waals surface area (Å²) in [5.41, 5.74) is 4.23. The molecule has 2 aliphatic rings. The number of Topliss-reactive ketones (excluding diaryl/α,β-unsaturated/α-hetero) is 1. The molecule has 224 valence electrons. The average molecular weight is 610 g/mol. The van der Waals surface area contributed by atoms with E-state index in [1.807, 2.05) is 59.5 Å². The molecule has 1 aliphatic heterocycles. The second-order valence-electron chi connectivity index (χ2n) is 12.0. The third-order valence-electron chi connectivity index (χ3n) is 7.96. The highest BCUT2D eigenvalue weighted by atomic mass is 35.5. The van der Waals surface area contributed by atoms with Crippen LogP contribution < -0.4 is 20.3 Å². The lowest BCUT2D eigenvalue weighted by atomic mass is 9.73. The number of halogens is 2. The Hall–Kier alpha value is -4.62. The third-order valence-corrected chi connectivity index (χ3v) is 8.21. The largest absolute Gasteiger partial charge is 0.454 e. The predicted octanol–water partition coefficient (Wildman–Crippen LogP) is 8.20. The normalized spacial score (nSPS) is 17.2. The van der Waals surface area contributed by atoms with Crippen molar-refractivity contribution < 1.29 is 18.7 Å². The summed E-state index contributed by atoms with van der Waals surface area (Å²) in [6, 6.07) is 28.0. The molecule has 1 heterocycles. The summed E-state index contributed by atoms with van der Waals surface area (Å²) in [4.78, 5) is 29.5. The quantitative estimate of drug-likeness (QED) is 0.221. The molecule has 1 atom stereocenters. The zero-order valence-electron chi connectivity index (χ0n) is 24.6. The Balaban J connectivity index is 1.43. The summed E-state index contributed by atoms with van der Waals surface area (Å²) < 4.78 is 21.1. The van der Waals surface area contributed by atoms with Gasteiger partial charge >= 0.3 is 0 Å². The minimum Gasteiger partial charge on any atom is -0.454 e. The van der Waals surface area contributed by atoms with E-state index >= 15 is 4.39 Å². The van der Waals surface area contributed by atoms with Gasteiger partial charge in [-0.05, 0) is 71.5 Å². The summed E-state index contributed by atoms with van der Waals surface area (Å²) in [6.45, 7) is 4.43. The van der Waals surface area contributed by atoms with Crippen molar-refractivity contribution in [3.05, 3.63) is 130 Å². The molecule has 0 fully saturated rings. The lowest BCUT2D eigenvalue weighted by Crippen LogP contribution is -2.41. The number of allylic oxidation sites excluding steroid dienone is 1. The Kier molecular flexibility index (Phi) is 8.15. The fourth-order valence-corrected chi connectivity index (χ4v) is 6.10. The van der Waals surface area contributed by atoms with E-state index in [9.17, 15) is 9.59 Å². The molecule has 0 saturated heterocycles. The molecular formula is C36H33ClFN3O3. The van der Waals surface area contributed by atoms with Gasteiger partial charge in [0.15, 0.2) is 17.3 Å². The zero-order chi connectivity index (χ0) is 30.8. The minimum absolute atomic E-state index is 0.0111. The summed E-state index contributed by atoms with van der Waals surface area (Å²) >= 11 is 6.03. The van der Waals surface area contributed by atoms with Crippen LogP contribution in [0, 0.1) is 11.2 Å². The topological polar surface area (TPSA) is 70.7 Å². The molecule has 0 aromatic heterocycles. The Morgan fingerprint density at radius 2 is 1.73 bits per heavy atom. The fourth-order valence-electron chi connectivity index (χ4n) is 5.97. The summed E-state index contributed by atoms with van der Waals surface area (Å²) in [5, 5.41) is 7.18. The first-order valence-corrected chi connectivity index (χ1v) is 15.0. The number of ether oxygens (including phenoxy) is 1. The molecule has 1 aliphatic carbocycles. The second kappa shape index (κ2) is 12.2. The molecule has 0 bridgehead atoms. The van der Waals surface area contributed by atoms with Crippen LogP contribution in [0.1, 0.15) is 43.9 Å². The number of carbonyl (C=O) groups is 2. The van der Waals surface area contributed by atoms with Gasteiger partial charge in [0.25, 0.3) is 0 Å². The molecule has 8 heteroatoms. The van der Waals surface area contributed by atoms with Gasteiger partial charge in [-0.2, -0.15) is 0 Å². The van der Waals surface area contributed by atoms with Gasteiger partial charge in [0.2, 0.25) is 5.91 Å². The molecule has 1 amide bonds. The number of fused-ring (bicyclic) bond motifs is 1. The number of nitrogens with one attached hydrogen (secondary N) is 2. The van der Waals surface area contributed by atoms with E-state index in [4.69, 9.17) is 16.3 Å². The fraction of sp³-hybridized carbons (Fsp3) is 0.222. The van der Waals surface area contributed by atoms with Crippen molar-refractivity contribution in [2.24, 2.45) is 5.41 Å².